The molecule has 0 atom stereocenters. The van der Waals surface area contributed by atoms with Gasteiger partial charge in [-0.05, 0) is 19.9 Å². The number of esters is 2. The van der Waals surface area contributed by atoms with Crippen LogP contribution in [0.4, 0.5) is 4.79 Å². The molecule has 0 heterocycles. The summed E-state index contributed by atoms with van der Waals surface area (Å²) in [5.41, 5.74) is -0.173. The molecule has 0 saturated heterocycles. The third-order valence-corrected chi connectivity index (χ3v) is 1.69. The van der Waals surface area contributed by atoms with Crippen molar-refractivity contribution >= 4 is 18.0 Å². The molecule has 1 N–H and O–H groups in total. The van der Waals surface area contributed by atoms with Crippen LogP contribution < -0.4 is 5.32 Å². The molecular formula is C11H17NO6. The second-order valence-electron chi connectivity index (χ2n) is 3.47. The predicted molar refractivity (Wildman–Crippen MR) is 61.5 cm³/mol. The monoisotopic (exact) mass is 259 g/mol. The molecular weight excluding hydrogens is 242 g/mol. The Morgan fingerprint density at radius 2 is 1.78 bits per heavy atom. The van der Waals surface area contributed by atoms with Crippen LogP contribution in [0.3, 0.4) is 0 Å². The fourth-order valence-corrected chi connectivity index (χ4v) is 0.918. The quantitative estimate of drug-likeness (QED) is 0.445. The summed E-state index contributed by atoms with van der Waals surface area (Å²) < 4.78 is 13.7. The zero-order chi connectivity index (χ0) is 14.1. The van der Waals surface area contributed by atoms with E-state index < -0.39 is 18.0 Å². The number of hydrogen-bond acceptors (Lipinski definition) is 6. The van der Waals surface area contributed by atoms with Gasteiger partial charge in [0.25, 0.3) is 0 Å². The average Bonchev–Trinajstić information content (AvgIpc) is 2.31. The molecule has 0 rings (SSSR count). The number of nitrogens with one attached hydrogen (secondary N) is 1. The second kappa shape index (κ2) is 8.10. The first-order valence-electron chi connectivity index (χ1n) is 5.23. The van der Waals surface area contributed by atoms with Gasteiger partial charge in [0.1, 0.15) is 5.70 Å². The molecule has 0 saturated carbocycles. The number of amides is 1. The molecule has 102 valence electrons. The molecule has 0 aliphatic rings. The van der Waals surface area contributed by atoms with Gasteiger partial charge in [-0.3, -0.25) is 10.1 Å². The van der Waals surface area contributed by atoms with Crippen molar-refractivity contribution in [1.82, 2.24) is 5.32 Å². The minimum atomic E-state index is -0.800. The van der Waals surface area contributed by atoms with Gasteiger partial charge < -0.3 is 14.2 Å². The lowest BCUT2D eigenvalue weighted by atomic mass is 10.3. The molecule has 7 heteroatoms. The number of rotatable bonds is 5. The van der Waals surface area contributed by atoms with Crippen molar-refractivity contribution in [3.05, 3.63) is 11.8 Å². The highest BCUT2D eigenvalue weighted by atomic mass is 16.6. The summed E-state index contributed by atoms with van der Waals surface area (Å²) in [5.74, 6) is -1.32. The third-order valence-electron chi connectivity index (χ3n) is 1.69. The van der Waals surface area contributed by atoms with Gasteiger partial charge in [0.05, 0.1) is 26.7 Å². The van der Waals surface area contributed by atoms with E-state index in [1.54, 1.807) is 13.8 Å². The van der Waals surface area contributed by atoms with Gasteiger partial charge in [-0.25, -0.2) is 9.59 Å². The molecule has 0 aliphatic carbocycles. The molecule has 0 aromatic carbocycles. The topological polar surface area (TPSA) is 90.9 Å². The minimum absolute atomic E-state index is 0.164. The van der Waals surface area contributed by atoms with E-state index in [0.717, 1.165) is 7.11 Å². The summed E-state index contributed by atoms with van der Waals surface area (Å²) in [6, 6.07) is 0. The molecule has 0 unspecified atom stereocenters. The maximum atomic E-state index is 11.3. The summed E-state index contributed by atoms with van der Waals surface area (Å²) in [6.45, 7) is 3.32. The van der Waals surface area contributed by atoms with Gasteiger partial charge in [0, 0.05) is 0 Å². The van der Waals surface area contributed by atoms with Gasteiger partial charge in [-0.15, -0.1) is 0 Å². The van der Waals surface area contributed by atoms with Crippen molar-refractivity contribution in [2.45, 2.75) is 26.4 Å². The molecule has 1 amide bonds. The molecule has 0 aromatic rings. The molecule has 0 aromatic heterocycles. The van der Waals surface area contributed by atoms with Crippen LogP contribution in [0.5, 0.6) is 0 Å². The standard InChI is InChI=1S/C11H17NO6/c1-7(2)18-11(15)12-8(10(14)17-4)5-6-9(13)16-3/h5,7H,6H2,1-4H3,(H,12,15)/b8-5+. The summed E-state index contributed by atoms with van der Waals surface area (Å²) in [4.78, 5) is 33.5. The normalized spacial score (nSPS) is 10.8. The molecule has 0 radical (unpaired) electrons. The van der Waals surface area contributed by atoms with Crippen molar-refractivity contribution < 1.29 is 28.6 Å². The first-order valence-corrected chi connectivity index (χ1v) is 5.23. The lowest BCUT2D eigenvalue weighted by molar-refractivity contribution is -0.139. The van der Waals surface area contributed by atoms with Crippen LogP contribution in [0.2, 0.25) is 0 Å². The minimum Gasteiger partial charge on any atom is -0.469 e. The highest BCUT2D eigenvalue weighted by Crippen LogP contribution is 1.99. The van der Waals surface area contributed by atoms with Crippen molar-refractivity contribution in [2.75, 3.05) is 14.2 Å². The fourth-order valence-electron chi connectivity index (χ4n) is 0.918. The van der Waals surface area contributed by atoms with Crippen LogP contribution in [0.15, 0.2) is 11.8 Å². The fraction of sp³-hybridized carbons (Fsp3) is 0.545. The summed E-state index contributed by atoms with van der Waals surface area (Å²) in [7, 11) is 2.37. The molecule has 0 fully saturated rings. The Morgan fingerprint density at radius 3 is 2.22 bits per heavy atom. The van der Waals surface area contributed by atoms with Gasteiger partial charge in [-0.1, -0.05) is 0 Å². The van der Waals surface area contributed by atoms with Crippen molar-refractivity contribution in [3.63, 3.8) is 0 Å². The molecule has 0 spiro atoms. The predicted octanol–water partition coefficient (Wildman–Crippen LogP) is 0.741. The van der Waals surface area contributed by atoms with Gasteiger partial charge in [0.15, 0.2) is 0 Å². The van der Waals surface area contributed by atoms with Gasteiger partial charge >= 0.3 is 18.0 Å². The Kier molecular flexibility index (Phi) is 7.18. The van der Waals surface area contributed by atoms with Crippen molar-refractivity contribution in [2.24, 2.45) is 0 Å². The van der Waals surface area contributed by atoms with Crippen LogP contribution >= 0.6 is 0 Å². The number of carbonyl (C=O) groups is 3. The average molecular weight is 259 g/mol. The van der Waals surface area contributed by atoms with E-state index in [0.29, 0.717) is 0 Å². The first kappa shape index (κ1) is 16.0. The maximum Gasteiger partial charge on any atom is 0.412 e. The highest BCUT2D eigenvalue weighted by molar-refractivity contribution is 5.92. The number of hydrogen-bond donors (Lipinski definition) is 1. The largest absolute Gasteiger partial charge is 0.469 e. The van der Waals surface area contributed by atoms with Crippen LogP contribution in [0.25, 0.3) is 0 Å². The molecule has 0 aliphatic heterocycles. The zero-order valence-electron chi connectivity index (χ0n) is 10.8. The Bertz CT molecular complexity index is 347. The molecule has 18 heavy (non-hydrogen) atoms. The maximum absolute atomic E-state index is 11.3. The van der Waals surface area contributed by atoms with E-state index in [-0.39, 0.29) is 18.2 Å². The van der Waals surface area contributed by atoms with E-state index in [1.807, 2.05) is 0 Å². The Morgan fingerprint density at radius 1 is 1.17 bits per heavy atom. The van der Waals surface area contributed by atoms with Gasteiger partial charge in [0.2, 0.25) is 0 Å². The van der Waals surface area contributed by atoms with E-state index in [1.165, 1.54) is 13.2 Å². The van der Waals surface area contributed by atoms with E-state index >= 15 is 0 Å². The number of ether oxygens (including phenoxy) is 3. The summed E-state index contributed by atoms with van der Waals surface area (Å²) >= 11 is 0. The SMILES string of the molecule is COC(=O)C/C=C(/NC(=O)OC(C)C)C(=O)OC. The highest BCUT2D eigenvalue weighted by Gasteiger charge is 2.15. The summed E-state index contributed by atoms with van der Waals surface area (Å²) in [6.07, 6.45) is -0.0988. The van der Waals surface area contributed by atoms with Crippen LogP contribution in [-0.2, 0) is 23.8 Å². The molecule has 7 nitrogen and oxygen atoms in total. The lowest BCUT2D eigenvalue weighted by Crippen LogP contribution is -2.30. The number of carbonyl (C=O) groups excluding carboxylic acids is 3. The van der Waals surface area contributed by atoms with E-state index in [9.17, 15) is 14.4 Å². The van der Waals surface area contributed by atoms with Crippen LogP contribution in [0.1, 0.15) is 20.3 Å². The van der Waals surface area contributed by atoms with Gasteiger partial charge in [-0.2, -0.15) is 0 Å². The second-order valence-corrected chi connectivity index (χ2v) is 3.47. The third kappa shape index (κ3) is 6.51. The van der Waals surface area contributed by atoms with Crippen molar-refractivity contribution in [1.29, 1.82) is 0 Å². The Labute approximate surface area is 105 Å². The number of methoxy groups -OCH3 is 2. The lowest BCUT2D eigenvalue weighted by Gasteiger charge is -2.10. The summed E-state index contributed by atoms with van der Waals surface area (Å²) in [5, 5.41) is 2.20. The Balaban J connectivity index is 4.64. The van der Waals surface area contributed by atoms with Crippen molar-refractivity contribution in [3.8, 4) is 0 Å². The van der Waals surface area contributed by atoms with Crippen LogP contribution in [0, 0.1) is 0 Å². The first-order chi connectivity index (χ1) is 8.40. The van der Waals surface area contributed by atoms with E-state index in [4.69, 9.17) is 4.74 Å². The Hall–Kier alpha value is -2.05. The zero-order valence-corrected chi connectivity index (χ0v) is 10.8. The number of alkyl carbamates (subject to hydrolysis) is 1. The van der Waals surface area contributed by atoms with E-state index in [2.05, 4.69) is 14.8 Å². The molecule has 0 bridgehead atoms. The smallest absolute Gasteiger partial charge is 0.412 e. The van der Waals surface area contributed by atoms with Crippen LogP contribution in [-0.4, -0.2) is 38.4 Å².